The Kier molecular flexibility index (Phi) is 4.61. The van der Waals surface area contributed by atoms with E-state index in [0.717, 1.165) is 5.56 Å². The summed E-state index contributed by atoms with van der Waals surface area (Å²) in [5.41, 5.74) is 2.17. The first-order valence-corrected chi connectivity index (χ1v) is 8.02. The highest BCUT2D eigenvalue weighted by atomic mass is 16.5. The molecule has 0 radical (unpaired) electrons. The van der Waals surface area contributed by atoms with E-state index in [0.29, 0.717) is 22.9 Å². The molecule has 2 aromatic carbocycles. The lowest BCUT2D eigenvalue weighted by atomic mass is 10.2. The van der Waals surface area contributed by atoms with E-state index in [1.165, 1.54) is 4.90 Å². The molecule has 1 aliphatic heterocycles. The Morgan fingerprint density at radius 3 is 2.80 bits per heavy atom. The number of nitrogens with zero attached hydrogens (tertiary/aromatic N) is 1. The zero-order valence-corrected chi connectivity index (χ0v) is 14.4. The molecule has 2 amide bonds. The summed E-state index contributed by atoms with van der Waals surface area (Å²) >= 11 is 0. The Bertz CT molecular complexity index is 819. The van der Waals surface area contributed by atoms with Gasteiger partial charge in [0, 0.05) is 12.7 Å². The van der Waals surface area contributed by atoms with Gasteiger partial charge in [0.25, 0.3) is 11.8 Å². The number of hydrogen-bond donors (Lipinski definition) is 1. The quantitative estimate of drug-likeness (QED) is 0.929. The van der Waals surface area contributed by atoms with Crippen LogP contribution in [-0.2, 0) is 9.59 Å². The average molecular weight is 340 g/mol. The Balaban J connectivity index is 1.66. The molecule has 0 saturated heterocycles. The van der Waals surface area contributed by atoms with Crippen LogP contribution in [0.4, 0.5) is 11.4 Å². The first-order chi connectivity index (χ1) is 12.0. The number of aryl methyl sites for hydroxylation is 1. The fourth-order valence-electron chi connectivity index (χ4n) is 2.65. The summed E-state index contributed by atoms with van der Waals surface area (Å²) in [6, 6.07) is 12.7. The second-order valence-corrected chi connectivity index (χ2v) is 5.94. The Morgan fingerprint density at radius 2 is 2.04 bits per heavy atom. The number of rotatable bonds is 4. The van der Waals surface area contributed by atoms with E-state index >= 15 is 0 Å². The van der Waals surface area contributed by atoms with Gasteiger partial charge in [0.1, 0.15) is 11.5 Å². The molecule has 0 bridgehead atoms. The molecule has 0 unspecified atom stereocenters. The molecule has 1 N–H and O–H groups in total. The molecule has 1 aliphatic rings. The lowest BCUT2D eigenvalue weighted by molar-refractivity contribution is -0.125. The van der Waals surface area contributed by atoms with Gasteiger partial charge in [-0.05, 0) is 43.7 Å². The van der Waals surface area contributed by atoms with Gasteiger partial charge >= 0.3 is 0 Å². The monoisotopic (exact) mass is 340 g/mol. The van der Waals surface area contributed by atoms with Crippen LogP contribution >= 0.6 is 0 Å². The molecule has 0 aliphatic carbocycles. The van der Waals surface area contributed by atoms with Crippen molar-refractivity contribution in [2.45, 2.75) is 20.0 Å². The highest BCUT2D eigenvalue weighted by Crippen LogP contribution is 2.35. The highest BCUT2D eigenvalue weighted by Gasteiger charge is 2.29. The lowest BCUT2D eigenvalue weighted by Gasteiger charge is -2.30. The van der Waals surface area contributed by atoms with Gasteiger partial charge < -0.3 is 19.7 Å². The van der Waals surface area contributed by atoms with E-state index in [4.69, 9.17) is 9.47 Å². The summed E-state index contributed by atoms with van der Waals surface area (Å²) in [6.45, 7) is 3.54. The summed E-state index contributed by atoms with van der Waals surface area (Å²) in [5.74, 6) is 0.890. The van der Waals surface area contributed by atoms with Crippen LogP contribution in [0.15, 0.2) is 42.5 Å². The number of nitrogens with one attached hydrogen (secondary N) is 1. The van der Waals surface area contributed by atoms with Crippen molar-refractivity contribution in [3.05, 3.63) is 48.0 Å². The normalized spacial score (nSPS) is 16.0. The number of fused-ring (bicyclic) bond motifs is 1. The number of likely N-dealkylation sites (N-methyl/N-ethyl adjacent to an activating group) is 1. The maximum Gasteiger partial charge on any atom is 0.267 e. The minimum atomic E-state index is -0.513. The first-order valence-electron chi connectivity index (χ1n) is 8.02. The van der Waals surface area contributed by atoms with Gasteiger partial charge in [-0.15, -0.1) is 0 Å². The van der Waals surface area contributed by atoms with Crippen LogP contribution in [0.5, 0.6) is 11.5 Å². The van der Waals surface area contributed by atoms with Crippen LogP contribution in [0.1, 0.15) is 12.5 Å². The number of para-hydroxylation sites is 1. The third-order valence-corrected chi connectivity index (χ3v) is 4.04. The van der Waals surface area contributed by atoms with Crippen molar-refractivity contribution in [2.75, 3.05) is 23.9 Å². The summed E-state index contributed by atoms with van der Waals surface area (Å²) in [5, 5.41) is 2.77. The van der Waals surface area contributed by atoms with E-state index in [-0.39, 0.29) is 18.4 Å². The molecule has 25 heavy (non-hydrogen) atoms. The first kappa shape index (κ1) is 16.8. The van der Waals surface area contributed by atoms with E-state index in [9.17, 15) is 9.59 Å². The van der Waals surface area contributed by atoms with Crippen molar-refractivity contribution in [3.8, 4) is 11.5 Å². The molecule has 0 saturated carbocycles. The Labute approximate surface area is 146 Å². The molecular weight excluding hydrogens is 320 g/mol. The minimum Gasteiger partial charge on any atom is -0.483 e. The van der Waals surface area contributed by atoms with Crippen LogP contribution in [0.2, 0.25) is 0 Å². The maximum absolute atomic E-state index is 12.1. The number of hydrogen-bond acceptors (Lipinski definition) is 4. The number of ether oxygens (including phenoxy) is 2. The number of anilines is 2. The van der Waals surface area contributed by atoms with Gasteiger partial charge in [-0.3, -0.25) is 9.59 Å². The van der Waals surface area contributed by atoms with Gasteiger partial charge in [0.15, 0.2) is 12.7 Å². The van der Waals surface area contributed by atoms with Crippen LogP contribution in [0.25, 0.3) is 0 Å². The third kappa shape index (κ3) is 3.57. The predicted molar refractivity (Wildman–Crippen MR) is 95.2 cm³/mol. The van der Waals surface area contributed by atoms with Crippen molar-refractivity contribution in [2.24, 2.45) is 0 Å². The van der Waals surface area contributed by atoms with Crippen LogP contribution in [0, 0.1) is 6.92 Å². The van der Waals surface area contributed by atoms with Crippen molar-refractivity contribution in [3.63, 3.8) is 0 Å². The smallest absolute Gasteiger partial charge is 0.267 e. The molecule has 3 rings (SSSR count). The number of amides is 2. The van der Waals surface area contributed by atoms with Gasteiger partial charge in [0.05, 0.1) is 5.69 Å². The summed E-state index contributed by atoms with van der Waals surface area (Å²) in [4.78, 5) is 25.7. The molecule has 1 atom stereocenters. The number of carbonyl (C=O) groups is 2. The molecule has 2 aromatic rings. The van der Waals surface area contributed by atoms with Gasteiger partial charge in [-0.1, -0.05) is 18.2 Å². The van der Waals surface area contributed by atoms with Crippen LogP contribution in [0.3, 0.4) is 0 Å². The molecule has 6 nitrogen and oxygen atoms in total. The zero-order valence-electron chi connectivity index (χ0n) is 14.4. The van der Waals surface area contributed by atoms with E-state index in [1.54, 1.807) is 32.2 Å². The van der Waals surface area contributed by atoms with Crippen molar-refractivity contribution in [1.29, 1.82) is 0 Å². The van der Waals surface area contributed by atoms with E-state index in [2.05, 4.69) is 5.32 Å². The molecule has 0 spiro atoms. The van der Waals surface area contributed by atoms with Crippen molar-refractivity contribution < 1.29 is 19.1 Å². The van der Waals surface area contributed by atoms with Crippen molar-refractivity contribution >= 4 is 23.2 Å². The fraction of sp³-hybridized carbons (Fsp3) is 0.263. The largest absolute Gasteiger partial charge is 0.483 e. The Morgan fingerprint density at radius 1 is 1.28 bits per heavy atom. The second-order valence-electron chi connectivity index (χ2n) is 5.94. The second kappa shape index (κ2) is 6.84. The van der Waals surface area contributed by atoms with Gasteiger partial charge in [0.2, 0.25) is 0 Å². The predicted octanol–water partition coefficient (Wildman–Crippen LogP) is 2.76. The van der Waals surface area contributed by atoms with Crippen LogP contribution < -0.4 is 19.7 Å². The molecule has 1 heterocycles. The molecule has 0 fully saturated rings. The summed E-state index contributed by atoms with van der Waals surface area (Å²) < 4.78 is 11.1. The standard InChI is InChI=1S/C19H20N2O4/c1-12-6-4-5-7-16(12)24-11-18(22)20-14-8-9-17-15(10-14)21(3)19(23)13(2)25-17/h4-10,13H,11H2,1-3H3,(H,20,22)/t13-/m0/s1. The SMILES string of the molecule is Cc1ccccc1OCC(=O)Nc1ccc2c(c1)N(C)C(=O)[C@H](C)O2. The minimum absolute atomic E-state index is 0.0930. The maximum atomic E-state index is 12.1. The molecule has 0 aromatic heterocycles. The van der Waals surface area contributed by atoms with E-state index in [1.807, 2.05) is 31.2 Å². The van der Waals surface area contributed by atoms with E-state index < -0.39 is 6.10 Å². The fourth-order valence-corrected chi connectivity index (χ4v) is 2.65. The Hall–Kier alpha value is -3.02. The topological polar surface area (TPSA) is 67.9 Å². The zero-order chi connectivity index (χ0) is 18.0. The van der Waals surface area contributed by atoms with Crippen LogP contribution in [-0.4, -0.2) is 31.6 Å². The third-order valence-electron chi connectivity index (χ3n) is 4.04. The van der Waals surface area contributed by atoms with Crippen molar-refractivity contribution in [1.82, 2.24) is 0 Å². The molecule has 6 heteroatoms. The number of benzene rings is 2. The highest BCUT2D eigenvalue weighted by molar-refractivity contribution is 6.00. The summed E-state index contributed by atoms with van der Waals surface area (Å²) in [6.07, 6.45) is -0.513. The number of carbonyl (C=O) groups excluding carboxylic acids is 2. The molecule has 130 valence electrons. The van der Waals surface area contributed by atoms with Gasteiger partial charge in [-0.25, -0.2) is 0 Å². The lowest BCUT2D eigenvalue weighted by Crippen LogP contribution is -2.42. The molecular formula is C19H20N2O4. The van der Waals surface area contributed by atoms with Gasteiger partial charge in [-0.2, -0.15) is 0 Å². The summed E-state index contributed by atoms with van der Waals surface area (Å²) in [7, 11) is 1.69. The average Bonchev–Trinajstić information content (AvgIpc) is 2.60.